The van der Waals surface area contributed by atoms with Gasteiger partial charge in [-0.1, -0.05) is 12.1 Å². The average Bonchev–Trinajstić information content (AvgIpc) is 3.12. The van der Waals surface area contributed by atoms with Crippen LogP contribution >= 0.6 is 15.2 Å². The van der Waals surface area contributed by atoms with Crippen molar-refractivity contribution < 1.29 is 28.7 Å². The molecular formula is C19H26N4O6P2. The molecule has 2 aromatic heterocycles. The Bertz CT molecular complexity index is 1130. The molecule has 1 atom stereocenters. The molecule has 0 saturated heterocycles. The molecule has 10 nitrogen and oxygen atoms in total. The van der Waals surface area contributed by atoms with E-state index < -0.39 is 27.0 Å². The SMILES string of the molecule is CN(CCN(C)c1ccccn1)c1ccc2cc(C(CP(=O)(O)O)P(=O)(O)O)[nH]c2c1. The minimum Gasteiger partial charge on any atom is -0.373 e. The van der Waals surface area contributed by atoms with E-state index in [0.29, 0.717) is 17.4 Å². The van der Waals surface area contributed by atoms with Gasteiger partial charge in [-0.2, -0.15) is 0 Å². The van der Waals surface area contributed by atoms with E-state index in [1.165, 1.54) is 6.07 Å². The molecule has 3 aromatic rings. The van der Waals surface area contributed by atoms with Crippen molar-refractivity contribution in [3.05, 3.63) is 54.4 Å². The van der Waals surface area contributed by atoms with Crippen LogP contribution in [0, 0.1) is 0 Å². The van der Waals surface area contributed by atoms with Gasteiger partial charge in [0.2, 0.25) is 0 Å². The summed E-state index contributed by atoms with van der Waals surface area (Å²) in [7, 11) is -5.51. The fourth-order valence-electron chi connectivity index (χ4n) is 3.29. The molecule has 0 spiro atoms. The summed E-state index contributed by atoms with van der Waals surface area (Å²) in [6, 6.07) is 12.8. The van der Waals surface area contributed by atoms with Crippen molar-refractivity contribution in [2.75, 3.05) is 43.1 Å². The second-order valence-corrected chi connectivity index (χ2v) is 11.0. The topological polar surface area (TPSA) is 150 Å². The van der Waals surface area contributed by atoms with Gasteiger partial charge in [-0.3, -0.25) is 9.13 Å². The second kappa shape index (κ2) is 9.12. The maximum absolute atomic E-state index is 11.8. The molecule has 31 heavy (non-hydrogen) atoms. The molecule has 0 aliphatic rings. The van der Waals surface area contributed by atoms with Crippen molar-refractivity contribution in [2.24, 2.45) is 0 Å². The first-order valence-corrected chi connectivity index (χ1v) is 13.0. The Morgan fingerprint density at radius 2 is 1.71 bits per heavy atom. The number of aromatic amines is 1. The van der Waals surface area contributed by atoms with E-state index in [1.807, 2.05) is 54.2 Å². The normalized spacial score (nSPS) is 13.4. The van der Waals surface area contributed by atoms with Crippen LogP contribution in [0.25, 0.3) is 10.9 Å². The maximum atomic E-state index is 11.8. The lowest BCUT2D eigenvalue weighted by Gasteiger charge is -2.24. The number of H-pyrrole nitrogens is 1. The van der Waals surface area contributed by atoms with Crippen molar-refractivity contribution in [3.63, 3.8) is 0 Å². The van der Waals surface area contributed by atoms with E-state index in [9.17, 15) is 28.7 Å². The molecule has 3 rings (SSSR count). The monoisotopic (exact) mass is 468 g/mol. The van der Waals surface area contributed by atoms with Gasteiger partial charge in [0, 0.05) is 50.3 Å². The standard InChI is InChI=1S/C19H26N4O6P2/c1-22(9-10-23(2)19-5-3-4-8-20-19)15-7-6-14-11-17(21-16(14)12-15)18(31(27,28)29)13-30(24,25)26/h3-8,11-12,18,21H,9-10,13H2,1-2H3,(H2,24,25,26)(H2,27,28,29). The van der Waals surface area contributed by atoms with Crippen molar-refractivity contribution in [1.29, 1.82) is 0 Å². The highest BCUT2D eigenvalue weighted by molar-refractivity contribution is 7.56. The number of nitrogens with zero attached hydrogens (tertiary/aromatic N) is 3. The molecule has 0 saturated carbocycles. The van der Waals surface area contributed by atoms with Gasteiger partial charge >= 0.3 is 15.2 Å². The van der Waals surface area contributed by atoms with Gasteiger partial charge in [-0.05, 0) is 35.7 Å². The summed E-state index contributed by atoms with van der Waals surface area (Å²) in [4.78, 5) is 49.0. The Hall–Kier alpha value is -2.19. The molecule has 1 aromatic carbocycles. The zero-order valence-electron chi connectivity index (χ0n) is 17.2. The molecule has 12 heteroatoms. The Kier molecular flexibility index (Phi) is 6.91. The van der Waals surface area contributed by atoms with Crippen LogP contribution in [-0.2, 0) is 9.13 Å². The summed E-state index contributed by atoms with van der Waals surface area (Å²) < 4.78 is 23.2. The number of aromatic nitrogens is 2. The molecule has 0 aliphatic heterocycles. The number of likely N-dealkylation sites (N-methyl/N-ethyl adjacent to an activating group) is 2. The van der Waals surface area contributed by atoms with Crippen LogP contribution in [-0.4, -0.2) is 62.9 Å². The summed E-state index contributed by atoms with van der Waals surface area (Å²) >= 11 is 0. The first kappa shape index (κ1) is 23.5. The van der Waals surface area contributed by atoms with E-state index >= 15 is 0 Å². The number of benzene rings is 1. The fourth-order valence-corrected chi connectivity index (χ4v) is 5.93. The maximum Gasteiger partial charge on any atom is 0.335 e. The molecule has 0 aliphatic carbocycles. The van der Waals surface area contributed by atoms with Crippen LogP contribution < -0.4 is 9.80 Å². The molecule has 0 radical (unpaired) electrons. The van der Waals surface area contributed by atoms with Crippen LogP contribution in [0.4, 0.5) is 11.5 Å². The molecule has 168 valence electrons. The highest BCUT2D eigenvalue weighted by atomic mass is 31.2. The van der Waals surface area contributed by atoms with Crippen LogP contribution in [0.2, 0.25) is 0 Å². The van der Waals surface area contributed by atoms with Crippen LogP contribution in [0.1, 0.15) is 11.4 Å². The third-order valence-corrected chi connectivity index (χ3v) is 7.46. The van der Waals surface area contributed by atoms with Crippen LogP contribution in [0.5, 0.6) is 0 Å². The average molecular weight is 468 g/mol. The van der Waals surface area contributed by atoms with Crippen molar-refractivity contribution in [3.8, 4) is 0 Å². The molecule has 1 unspecified atom stereocenters. The third-order valence-electron chi connectivity index (χ3n) is 5.05. The molecular weight excluding hydrogens is 442 g/mol. The lowest BCUT2D eigenvalue weighted by molar-refractivity contribution is 0.346. The summed E-state index contributed by atoms with van der Waals surface area (Å²) in [5.74, 6) is 0.869. The largest absolute Gasteiger partial charge is 0.373 e. The smallest absolute Gasteiger partial charge is 0.335 e. The van der Waals surface area contributed by atoms with Crippen molar-refractivity contribution in [1.82, 2.24) is 9.97 Å². The minimum atomic E-state index is -4.78. The zero-order chi connectivity index (χ0) is 22.8. The summed E-state index contributed by atoms with van der Waals surface area (Å²) in [5, 5.41) is 0.696. The van der Waals surface area contributed by atoms with E-state index in [2.05, 4.69) is 9.97 Å². The van der Waals surface area contributed by atoms with Crippen LogP contribution in [0.3, 0.4) is 0 Å². The molecule has 5 N–H and O–H groups in total. The Morgan fingerprint density at radius 3 is 2.32 bits per heavy atom. The number of hydrogen-bond donors (Lipinski definition) is 5. The van der Waals surface area contributed by atoms with Gasteiger partial charge in [0.05, 0.1) is 6.16 Å². The molecule has 2 heterocycles. The number of nitrogens with one attached hydrogen (secondary N) is 1. The number of pyridine rings is 1. The van der Waals surface area contributed by atoms with E-state index in [4.69, 9.17) is 0 Å². The van der Waals surface area contributed by atoms with Gasteiger partial charge in [0.1, 0.15) is 11.5 Å². The molecule has 0 amide bonds. The summed E-state index contributed by atoms with van der Waals surface area (Å²) in [6.45, 7) is 1.43. The van der Waals surface area contributed by atoms with Crippen molar-refractivity contribution in [2.45, 2.75) is 5.66 Å². The van der Waals surface area contributed by atoms with Gasteiger partial charge < -0.3 is 34.4 Å². The van der Waals surface area contributed by atoms with E-state index in [-0.39, 0.29) is 5.69 Å². The lowest BCUT2D eigenvalue weighted by Crippen LogP contribution is -2.31. The summed E-state index contributed by atoms with van der Waals surface area (Å²) in [6.07, 6.45) is 0.806. The third kappa shape index (κ3) is 6.17. The van der Waals surface area contributed by atoms with Gasteiger partial charge in [0.25, 0.3) is 0 Å². The predicted molar refractivity (Wildman–Crippen MR) is 121 cm³/mol. The zero-order valence-corrected chi connectivity index (χ0v) is 18.9. The number of anilines is 2. The highest BCUT2D eigenvalue weighted by Gasteiger charge is 2.37. The Labute approximate surface area is 179 Å². The summed E-state index contributed by atoms with van der Waals surface area (Å²) in [5.41, 5.74) is 0.00918. The second-order valence-electron chi connectivity index (χ2n) is 7.48. The number of rotatable bonds is 9. The quantitative estimate of drug-likeness (QED) is 0.299. The number of fused-ring (bicyclic) bond motifs is 1. The van der Waals surface area contributed by atoms with Crippen LogP contribution in [0.15, 0.2) is 48.7 Å². The van der Waals surface area contributed by atoms with E-state index in [1.54, 1.807) is 12.3 Å². The van der Waals surface area contributed by atoms with Crippen molar-refractivity contribution >= 4 is 37.6 Å². The van der Waals surface area contributed by atoms with E-state index in [0.717, 1.165) is 18.1 Å². The van der Waals surface area contributed by atoms with Gasteiger partial charge in [-0.25, -0.2) is 4.98 Å². The lowest BCUT2D eigenvalue weighted by atomic mass is 10.2. The first-order chi connectivity index (χ1) is 14.4. The van der Waals surface area contributed by atoms with Gasteiger partial charge in [-0.15, -0.1) is 0 Å². The Morgan fingerprint density at radius 1 is 1.00 bits per heavy atom. The molecule has 0 bridgehead atoms. The first-order valence-electron chi connectivity index (χ1n) is 9.50. The highest BCUT2D eigenvalue weighted by Crippen LogP contribution is 2.57. The minimum absolute atomic E-state index is 0.0985. The number of hydrogen-bond acceptors (Lipinski definition) is 5. The van der Waals surface area contributed by atoms with Gasteiger partial charge in [0.15, 0.2) is 0 Å². The Balaban J connectivity index is 1.78. The fraction of sp³-hybridized carbons (Fsp3) is 0.316. The predicted octanol–water partition coefficient (Wildman–Crippen LogP) is 2.53. The molecule has 0 fully saturated rings.